The molecule has 1 fully saturated rings. The number of pyridine rings is 1. The number of carbonyl (C=O) groups excluding carboxylic acids is 1. The minimum atomic E-state index is -3.98. The van der Waals surface area contributed by atoms with Gasteiger partial charge in [0, 0.05) is 17.8 Å². The summed E-state index contributed by atoms with van der Waals surface area (Å²) >= 11 is 0. The highest BCUT2D eigenvalue weighted by atomic mass is 32.2. The molecule has 1 aromatic rings. The van der Waals surface area contributed by atoms with Gasteiger partial charge in [-0.15, -0.1) is 0 Å². The molecule has 1 saturated heterocycles. The Morgan fingerprint density at radius 2 is 2.15 bits per heavy atom. The second-order valence-corrected chi connectivity index (χ2v) is 7.53. The summed E-state index contributed by atoms with van der Waals surface area (Å²) < 4.78 is 25.1. The summed E-state index contributed by atoms with van der Waals surface area (Å²) in [5, 5.41) is 18.4. The Morgan fingerprint density at radius 3 is 2.73 bits per heavy atom. The molecule has 11 heteroatoms. The van der Waals surface area contributed by atoms with Crippen molar-refractivity contribution in [2.75, 3.05) is 5.75 Å². The van der Waals surface area contributed by atoms with E-state index in [1.54, 1.807) is 18.2 Å². The van der Waals surface area contributed by atoms with E-state index in [9.17, 15) is 33.2 Å². The smallest absolute Gasteiger partial charge is 0.352 e. The van der Waals surface area contributed by atoms with E-state index in [1.165, 1.54) is 12.3 Å². The number of nitrogens with zero attached hydrogens (tertiary/aromatic N) is 3. The first-order chi connectivity index (χ1) is 12.2. The first kappa shape index (κ1) is 17.5. The lowest BCUT2D eigenvalue weighted by Gasteiger charge is -2.45. The Labute approximate surface area is 146 Å². The molecule has 0 unspecified atom stereocenters. The topological polar surface area (TPSA) is 148 Å². The van der Waals surface area contributed by atoms with Crippen LogP contribution in [0.15, 0.2) is 53.5 Å². The molecular weight excluding hydrogens is 366 g/mol. The first-order valence-corrected chi connectivity index (χ1v) is 8.90. The van der Waals surface area contributed by atoms with Crippen LogP contribution in [0, 0.1) is 10.1 Å². The molecule has 0 aliphatic carbocycles. The van der Waals surface area contributed by atoms with Crippen LogP contribution in [-0.4, -0.2) is 51.3 Å². The van der Waals surface area contributed by atoms with E-state index in [-0.39, 0.29) is 11.1 Å². The van der Waals surface area contributed by atoms with E-state index in [4.69, 9.17) is 0 Å². The van der Waals surface area contributed by atoms with Gasteiger partial charge in [-0.2, -0.15) is 0 Å². The number of fused-ring (bicyclic) bond motifs is 1. The number of aromatic nitrogens is 1. The third kappa shape index (κ3) is 2.88. The van der Waals surface area contributed by atoms with Crippen LogP contribution < -0.4 is 0 Å². The zero-order valence-electron chi connectivity index (χ0n) is 13.0. The van der Waals surface area contributed by atoms with Crippen molar-refractivity contribution in [2.24, 2.45) is 0 Å². The Bertz CT molecular complexity index is 1010. The summed E-state index contributed by atoms with van der Waals surface area (Å²) in [7, 11) is -3.98. The van der Waals surface area contributed by atoms with Crippen LogP contribution in [0.5, 0.6) is 0 Å². The number of carboxylic acid groups (broad SMARTS) is 1. The van der Waals surface area contributed by atoms with Gasteiger partial charge in [-0.05, 0) is 18.2 Å². The second kappa shape index (κ2) is 6.19. The van der Waals surface area contributed by atoms with Crippen LogP contribution in [0.3, 0.4) is 0 Å². The van der Waals surface area contributed by atoms with E-state index in [1.807, 2.05) is 0 Å². The van der Waals surface area contributed by atoms with Crippen molar-refractivity contribution < 1.29 is 28.0 Å². The summed E-state index contributed by atoms with van der Waals surface area (Å²) in [6.45, 7) is 0. The zero-order valence-corrected chi connectivity index (χ0v) is 13.8. The summed E-state index contributed by atoms with van der Waals surface area (Å²) in [5.41, 5.74) is -0.646. The van der Waals surface area contributed by atoms with Crippen molar-refractivity contribution in [2.45, 2.75) is 5.37 Å². The van der Waals surface area contributed by atoms with Crippen LogP contribution in [0.1, 0.15) is 5.69 Å². The Morgan fingerprint density at radius 1 is 1.42 bits per heavy atom. The zero-order chi connectivity index (χ0) is 19.1. The Kier molecular flexibility index (Phi) is 4.16. The molecule has 0 saturated carbocycles. The summed E-state index contributed by atoms with van der Waals surface area (Å²) in [6, 6.07) is 4.86. The molecule has 1 atom stereocenters. The Hall–Kier alpha value is -3.34. The predicted molar refractivity (Wildman–Crippen MR) is 87.4 cm³/mol. The molecule has 2 aliphatic heterocycles. The lowest BCUT2D eigenvalue weighted by molar-refractivity contribution is -0.402. The van der Waals surface area contributed by atoms with Crippen molar-refractivity contribution in [3.63, 3.8) is 0 Å². The number of allylic oxidation sites excluding steroid dienone is 1. The number of carbonyl (C=O) groups is 2. The predicted octanol–water partition coefficient (Wildman–Crippen LogP) is 0.191. The van der Waals surface area contributed by atoms with Crippen LogP contribution in [0.2, 0.25) is 0 Å². The van der Waals surface area contributed by atoms with Gasteiger partial charge in [0.1, 0.15) is 5.70 Å². The van der Waals surface area contributed by atoms with Crippen molar-refractivity contribution in [1.82, 2.24) is 9.88 Å². The minimum Gasteiger partial charge on any atom is -0.477 e. The summed E-state index contributed by atoms with van der Waals surface area (Å²) in [6.07, 6.45) is 3.97. The van der Waals surface area contributed by atoms with Gasteiger partial charge in [-0.25, -0.2) is 13.2 Å². The molecule has 3 heterocycles. The quantitative estimate of drug-likeness (QED) is 0.338. The number of amides is 1. The maximum Gasteiger partial charge on any atom is 0.352 e. The maximum atomic E-state index is 12.5. The standard InChI is InChI=1S/C15H11N3O7S/c19-13-11(7-10-3-1-2-5-16-10)14-18(13)12(15(20)21)9(4-6-17(22)23)8-26(14,24)25/h1-7,14H,8H2,(H,20,21)/b6-4+,11-7-/t14-/m1/s1. The molecule has 0 radical (unpaired) electrons. The molecule has 0 bridgehead atoms. The van der Waals surface area contributed by atoms with Crippen molar-refractivity contribution in [3.05, 3.63) is 69.3 Å². The summed E-state index contributed by atoms with van der Waals surface area (Å²) in [4.78, 5) is 38.2. The normalized spacial score (nSPS) is 23.1. The summed E-state index contributed by atoms with van der Waals surface area (Å²) in [5.74, 6) is -3.07. The van der Waals surface area contributed by atoms with Gasteiger partial charge in [-0.1, -0.05) is 6.07 Å². The van der Waals surface area contributed by atoms with Gasteiger partial charge in [0.25, 0.3) is 5.91 Å². The lowest BCUT2D eigenvalue weighted by atomic mass is 10.0. The molecule has 1 amide bonds. The highest BCUT2D eigenvalue weighted by molar-refractivity contribution is 7.92. The fourth-order valence-electron chi connectivity index (χ4n) is 2.79. The fourth-order valence-corrected chi connectivity index (χ4v) is 4.69. The number of nitro groups is 1. The van der Waals surface area contributed by atoms with E-state index >= 15 is 0 Å². The third-order valence-electron chi connectivity index (χ3n) is 3.80. The molecular formula is C15H11N3O7S. The molecule has 0 spiro atoms. The van der Waals surface area contributed by atoms with Gasteiger partial charge in [-0.3, -0.25) is 24.8 Å². The van der Waals surface area contributed by atoms with Gasteiger partial charge in [0.2, 0.25) is 6.20 Å². The average Bonchev–Trinajstić information content (AvgIpc) is 2.57. The molecule has 10 nitrogen and oxygen atoms in total. The first-order valence-electron chi connectivity index (χ1n) is 7.18. The van der Waals surface area contributed by atoms with E-state index in [0.29, 0.717) is 16.8 Å². The van der Waals surface area contributed by atoms with E-state index in [0.717, 1.165) is 6.08 Å². The van der Waals surface area contributed by atoms with Crippen LogP contribution in [0.25, 0.3) is 6.08 Å². The molecule has 26 heavy (non-hydrogen) atoms. The van der Waals surface area contributed by atoms with Crippen molar-refractivity contribution >= 4 is 27.8 Å². The van der Waals surface area contributed by atoms with Crippen LogP contribution in [-0.2, 0) is 19.4 Å². The van der Waals surface area contributed by atoms with E-state index < -0.39 is 43.5 Å². The fraction of sp³-hybridized carbons (Fsp3) is 0.133. The lowest BCUT2D eigenvalue weighted by Crippen LogP contribution is -2.62. The number of rotatable bonds is 4. The number of β-lactam (4-membered cyclic amide) rings is 1. The highest BCUT2D eigenvalue weighted by Gasteiger charge is 2.56. The van der Waals surface area contributed by atoms with Gasteiger partial charge < -0.3 is 5.11 Å². The van der Waals surface area contributed by atoms with E-state index in [2.05, 4.69) is 4.98 Å². The SMILES string of the molecule is O=C(O)C1=C(/C=C/[N+](=O)[O-])CS(=O)(=O)[C@@H]2/C(=C\c3ccccn3)C(=O)N12. The number of hydrogen-bond donors (Lipinski definition) is 1. The highest BCUT2D eigenvalue weighted by Crippen LogP contribution is 2.41. The molecule has 134 valence electrons. The van der Waals surface area contributed by atoms with Crippen LogP contribution in [0.4, 0.5) is 0 Å². The molecule has 1 aromatic heterocycles. The number of sulfone groups is 1. The molecule has 3 rings (SSSR count). The third-order valence-corrected chi connectivity index (χ3v) is 5.66. The van der Waals surface area contributed by atoms with Gasteiger partial charge in [0.05, 0.1) is 21.9 Å². The average molecular weight is 377 g/mol. The number of aliphatic carboxylic acids is 1. The van der Waals surface area contributed by atoms with Crippen LogP contribution >= 0.6 is 0 Å². The minimum absolute atomic E-state index is 0.0974. The molecule has 0 aromatic carbocycles. The van der Waals surface area contributed by atoms with Crippen molar-refractivity contribution in [3.8, 4) is 0 Å². The molecule has 2 aliphatic rings. The van der Waals surface area contributed by atoms with Crippen molar-refractivity contribution in [1.29, 1.82) is 0 Å². The van der Waals surface area contributed by atoms with Gasteiger partial charge >= 0.3 is 5.97 Å². The maximum absolute atomic E-state index is 12.5. The second-order valence-electron chi connectivity index (χ2n) is 5.47. The molecule has 1 N–H and O–H groups in total. The largest absolute Gasteiger partial charge is 0.477 e. The van der Waals surface area contributed by atoms with Gasteiger partial charge in [0.15, 0.2) is 15.2 Å². The Balaban J connectivity index is 2.10. The number of carboxylic acids is 1. The number of hydrogen-bond acceptors (Lipinski definition) is 7. The monoisotopic (exact) mass is 377 g/mol.